The zero-order valence-electron chi connectivity index (χ0n) is 12.1. The summed E-state index contributed by atoms with van der Waals surface area (Å²) in [5.74, 6) is -0.669. The SMILES string of the molecule is O=C(O)C1(N2CCCNCC2)CCc2cc(Br)ccc2C1. The first-order valence-corrected chi connectivity index (χ1v) is 8.38. The van der Waals surface area contributed by atoms with Gasteiger partial charge in [-0.3, -0.25) is 9.69 Å². The standard InChI is InChI=1S/C16H21BrN2O2/c17-14-3-2-13-11-16(15(20)21,5-4-12(13)10-14)19-8-1-6-18-7-9-19/h2-3,10,18H,1,4-9,11H2,(H,20,21). The van der Waals surface area contributed by atoms with Crippen molar-refractivity contribution >= 4 is 21.9 Å². The molecule has 0 amide bonds. The third kappa shape index (κ3) is 2.87. The van der Waals surface area contributed by atoms with E-state index in [0.717, 1.165) is 43.5 Å². The van der Waals surface area contributed by atoms with Gasteiger partial charge in [0.15, 0.2) is 0 Å². The van der Waals surface area contributed by atoms with Crippen molar-refractivity contribution in [2.45, 2.75) is 31.2 Å². The fourth-order valence-corrected chi connectivity index (χ4v) is 4.01. The van der Waals surface area contributed by atoms with E-state index in [1.54, 1.807) is 0 Å². The number of fused-ring (bicyclic) bond motifs is 1. The van der Waals surface area contributed by atoms with Crippen LogP contribution >= 0.6 is 15.9 Å². The molecule has 0 bridgehead atoms. The molecule has 1 aromatic carbocycles. The Morgan fingerprint density at radius 3 is 2.95 bits per heavy atom. The van der Waals surface area contributed by atoms with Crippen LogP contribution in [0.3, 0.4) is 0 Å². The summed E-state index contributed by atoms with van der Waals surface area (Å²) in [5, 5.41) is 13.3. The van der Waals surface area contributed by atoms with Crippen molar-refractivity contribution in [2.24, 2.45) is 0 Å². The summed E-state index contributed by atoms with van der Waals surface area (Å²) in [5.41, 5.74) is 1.74. The van der Waals surface area contributed by atoms with Gasteiger partial charge in [-0.15, -0.1) is 0 Å². The zero-order chi connectivity index (χ0) is 14.9. The first-order valence-electron chi connectivity index (χ1n) is 7.58. The topological polar surface area (TPSA) is 52.6 Å². The highest BCUT2D eigenvalue weighted by Gasteiger charge is 2.46. The monoisotopic (exact) mass is 352 g/mol. The van der Waals surface area contributed by atoms with Crippen LogP contribution in [0, 0.1) is 0 Å². The molecule has 2 N–H and O–H groups in total. The second kappa shape index (κ2) is 6.07. The fraction of sp³-hybridized carbons (Fsp3) is 0.562. The van der Waals surface area contributed by atoms with E-state index in [1.165, 1.54) is 11.1 Å². The fourth-order valence-electron chi connectivity index (χ4n) is 3.61. The highest BCUT2D eigenvalue weighted by Crippen LogP contribution is 2.35. The van der Waals surface area contributed by atoms with Crippen LogP contribution in [0.4, 0.5) is 0 Å². The number of aryl methyl sites for hydroxylation is 1. The van der Waals surface area contributed by atoms with Gasteiger partial charge in [0.25, 0.3) is 0 Å². The average molecular weight is 353 g/mol. The maximum absolute atomic E-state index is 12.1. The molecule has 3 rings (SSSR count). The Kier molecular flexibility index (Phi) is 4.33. The van der Waals surface area contributed by atoms with E-state index < -0.39 is 11.5 Å². The Balaban J connectivity index is 1.92. The molecular formula is C16H21BrN2O2. The number of benzene rings is 1. The van der Waals surface area contributed by atoms with Crippen LogP contribution in [0.1, 0.15) is 24.0 Å². The summed E-state index contributed by atoms with van der Waals surface area (Å²) in [6, 6.07) is 6.22. The van der Waals surface area contributed by atoms with Crippen LogP contribution in [-0.2, 0) is 17.6 Å². The number of carboxylic acid groups (broad SMARTS) is 1. The second-order valence-electron chi connectivity index (χ2n) is 6.02. The zero-order valence-corrected chi connectivity index (χ0v) is 13.7. The van der Waals surface area contributed by atoms with Gasteiger partial charge < -0.3 is 10.4 Å². The first-order chi connectivity index (χ1) is 10.1. The summed E-state index contributed by atoms with van der Waals surface area (Å²) >= 11 is 3.50. The smallest absolute Gasteiger partial charge is 0.324 e. The van der Waals surface area contributed by atoms with Gasteiger partial charge >= 0.3 is 5.97 Å². The molecule has 4 nitrogen and oxygen atoms in total. The van der Waals surface area contributed by atoms with Gasteiger partial charge in [-0.05, 0) is 49.1 Å². The van der Waals surface area contributed by atoms with E-state index in [4.69, 9.17) is 0 Å². The van der Waals surface area contributed by atoms with Crippen LogP contribution < -0.4 is 5.32 Å². The van der Waals surface area contributed by atoms with Gasteiger partial charge in [-0.25, -0.2) is 0 Å². The molecule has 1 aliphatic carbocycles. The Labute approximate surface area is 133 Å². The molecule has 1 aliphatic heterocycles. The van der Waals surface area contributed by atoms with Crippen molar-refractivity contribution in [1.29, 1.82) is 0 Å². The third-order valence-corrected chi connectivity index (χ3v) is 5.30. The van der Waals surface area contributed by atoms with Crippen molar-refractivity contribution in [3.05, 3.63) is 33.8 Å². The van der Waals surface area contributed by atoms with E-state index in [-0.39, 0.29) is 0 Å². The van der Waals surface area contributed by atoms with Gasteiger partial charge in [-0.1, -0.05) is 22.0 Å². The van der Waals surface area contributed by atoms with Crippen LogP contribution in [0.25, 0.3) is 0 Å². The molecule has 1 saturated heterocycles. The van der Waals surface area contributed by atoms with E-state index >= 15 is 0 Å². The van der Waals surface area contributed by atoms with Gasteiger partial charge in [0.05, 0.1) is 0 Å². The second-order valence-corrected chi connectivity index (χ2v) is 6.93. The molecule has 1 heterocycles. The van der Waals surface area contributed by atoms with Crippen LogP contribution in [0.2, 0.25) is 0 Å². The number of nitrogens with zero attached hydrogens (tertiary/aromatic N) is 1. The molecule has 0 saturated carbocycles. The minimum atomic E-state index is -0.729. The summed E-state index contributed by atoms with van der Waals surface area (Å²) in [6.07, 6.45) is 3.17. The molecule has 1 aromatic rings. The maximum atomic E-state index is 12.1. The number of carboxylic acids is 1. The van der Waals surface area contributed by atoms with E-state index in [9.17, 15) is 9.90 Å². The van der Waals surface area contributed by atoms with Crippen molar-refractivity contribution in [3.63, 3.8) is 0 Å². The molecule has 0 aromatic heterocycles. The summed E-state index contributed by atoms with van der Waals surface area (Å²) in [4.78, 5) is 14.3. The number of nitrogens with one attached hydrogen (secondary N) is 1. The number of hydrogen-bond donors (Lipinski definition) is 2. The predicted octanol–water partition coefficient (Wildman–Crippen LogP) is 2.06. The average Bonchev–Trinajstić information content (AvgIpc) is 2.76. The Bertz CT molecular complexity index is 541. The molecule has 2 aliphatic rings. The minimum absolute atomic E-state index is 0.616. The van der Waals surface area contributed by atoms with Crippen LogP contribution in [-0.4, -0.2) is 47.7 Å². The first kappa shape index (κ1) is 15.0. The molecule has 0 spiro atoms. The van der Waals surface area contributed by atoms with Crippen molar-refractivity contribution in [1.82, 2.24) is 10.2 Å². The molecule has 21 heavy (non-hydrogen) atoms. The van der Waals surface area contributed by atoms with Gasteiger partial charge in [0.2, 0.25) is 0 Å². The van der Waals surface area contributed by atoms with Crippen LogP contribution in [0.15, 0.2) is 22.7 Å². The number of aliphatic carboxylic acids is 1. The largest absolute Gasteiger partial charge is 0.480 e. The van der Waals surface area contributed by atoms with Crippen molar-refractivity contribution in [2.75, 3.05) is 26.2 Å². The quantitative estimate of drug-likeness (QED) is 0.855. The van der Waals surface area contributed by atoms with Gasteiger partial charge in [0.1, 0.15) is 5.54 Å². The number of hydrogen-bond acceptors (Lipinski definition) is 3. The number of halogens is 1. The minimum Gasteiger partial charge on any atom is -0.480 e. The predicted molar refractivity (Wildman–Crippen MR) is 85.6 cm³/mol. The Hall–Kier alpha value is -0.910. The normalized spacial score (nSPS) is 26.9. The molecular weight excluding hydrogens is 332 g/mol. The summed E-state index contributed by atoms with van der Waals surface area (Å²) < 4.78 is 1.07. The highest BCUT2D eigenvalue weighted by molar-refractivity contribution is 9.10. The highest BCUT2D eigenvalue weighted by atomic mass is 79.9. The van der Waals surface area contributed by atoms with Crippen molar-refractivity contribution in [3.8, 4) is 0 Å². The van der Waals surface area contributed by atoms with Crippen LogP contribution in [0.5, 0.6) is 0 Å². The molecule has 5 heteroatoms. The number of carbonyl (C=O) groups is 1. The molecule has 1 fully saturated rings. The Morgan fingerprint density at radius 1 is 1.29 bits per heavy atom. The lowest BCUT2D eigenvalue weighted by molar-refractivity contribution is -0.152. The van der Waals surface area contributed by atoms with E-state index in [2.05, 4.69) is 38.3 Å². The Morgan fingerprint density at radius 2 is 2.14 bits per heavy atom. The maximum Gasteiger partial charge on any atom is 0.324 e. The van der Waals surface area contributed by atoms with E-state index in [1.807, 2.05) is 6.07 Å². The summed E-state index contributed by atoms with van der Waals surface area (Å²) in [7, 11) is 0. The lowest BCUT2D eigenvalue weighted by Crippen LogP contribution is -2.58. The third-order valence-electron chi connectivity index (χ3n) is 4.80. The molecule has 1 atom stereocenters. The lowest BCUT2D eigenvalue weighted by Gasteiger charge is -2.43. The molecule has 0 radical (unpaired) electrons. The molecule has 114 valence electrons. The van der Waals surface area contributed by atoms with Gasteiger partial charge in [-0.2, -0.15) is 0 Å². The van der Waals surface area contributed by atoms with Crippen molar-refractivity contribution < 1.29 is 9.90 Å². The number of rotatable bonds is 2. The summed E-state index contributed by atoms with van der Waals surface area (Å²) in [6.45, 7) is 3.54. The lowest BCUT2D eigenvalue weighted by atomic mass is 9.76. The molecule has 1 unspecified atom stereocenters. The van der Waals surface area contributed by atoms with Gasteiger partial charge in [0, 0.05) is 30.5 Å². The van der Waals surface area contributed by atoms with E-state index in [0.29, 0.717) is 12.8 Å².